The maximum atomic E-state index is 13.4. The third kappa shape index (κ3) is 3.93. The Hall–Kier alpha value is -0.674. The van der Waals surface area contributed by atoms with E-state index in [0.29, 0.717) is 11.4 Å². The van der Waals surface area contributed by atoms with Gasteiger partial charge in [0.25, 0.3) is 0 Å². The van der Waals surface area contributed by atoms with Crippen LogP contribution in [0.15, 0.2) is 36.4 Å². The van der Waals surface area contributed by atoms with Crippen molar-refractivity contribution >= 4 is 42.1 Å². The van der Waals surface area contributed by atoms with E-state index in [1.165, 1.54) is 0 Å². The second-order valence-corrected chi connectivity index (χ2v) is 5.55. The minimum absolute atomic E-state index is 0. The number of ether oxygens (including phenoxy) is 1. The molecule has 0 bridgehead atoms. The molecule has 2 aromatic carbocycles. The predicted molar refractivity (Wildman–Crippen MR) is 86.4 cm³/mol. The van der Waals surface area contributed by atoms with Crippen molar-refractivity contribution in [2.45, 2.75) is 12.1 Å². The van der Waals surface area contributed by atoms with Gasteiger partial charge >= 0.3 is 71.3 Å². The molecular weight excluding hydrogens is 346 g/mol. The third-order valence-electron chi connectivity index (χ3n) is 4.07. The predicted octanol–water partition coefficient (Wildman–Crippen LogP) is 0.489. The molecule has 10 heteroatoms. The van der Waals surface area contributed by atoms with Crippen molar-refractivity contribution < 1.29 is 73.9 Å². The van der Waals surface area contributed by atoms with Crippen LogP contribution in [0.25, 0.3) is 10.8 Å². The fraction of sp³-hybridized carbons (Fsp3) is 0.214. The van der Waals surface area contributed by atoms with Crippen LogP contribution in [0.4, 0.5) is 24.3 Å². The van der Waals surface area contributed by atoms with Gasteiger partial charge in [0.15, 0.2) is 0 Å². The molecule has 0 amide bonds. The van der Waals surface area contributed by atoms with E-state index in [0.717, 1.165) is 17.9 Å². The van der Waals surface area contributed by atoms with E-state index < -0.39 is 32.1 Å². The average molecular weight is 360 g/mol. The number of benzene rings is 2. The van der Waals surface area contributed by atoms with Gasteiger partial charge in [0, 0.05) is 23.2 Å². The molecular formula is C14H14B2F3KN2O2. The number of methoxy groups -OCH3 is 1. The number of halogens is 3. The van der Waals surface area contributed by atoms with Crippen LogP contribution >= 0.6 is 0 Å². The number of rotatable bonds is 4. The van der Waals surface area contributed by atoms with E-state index in [9.17, 15) is 17.7 Å². The Balaban J connectivity index is 0.00000208. The summed E-state index contributed by atoms with van der Waals surface area (Å²) in [4.78, 5) is 11.4. The summed E-state index contributed by atoms with van der Waals surface area (Å²) in [6.45, 7) is -6.35. The normalized spacial score (nSPS) is 14.2. The van der Waals surface area contributed by atoms with Crippen molar-refractivity contribution in [2.75, 3.05) is 17.6 Å². The zero-order valence-corrected chi connectivity index (χ0v) is 16.5. The number of carbonyl (C=O) groups is 1. The zero-order chi connectivity index (χ0) is 16.6. The van der Waals surface area contributed by atoms with Gasteiger partial charge in [0.05, 0.1) is 7.11 Å². The first kappa shape index (κ1) is 19.6. The molecule has 0 spiro atoms. The molecule has 1 aliphatic rings. The fourth-order valence-electron chi connectivity index (χ4n) is 2.91. The summed E-state index contributed by atoms with van der Waals surface area (Å²) in [5, 5.41) is 7.52. The average Bonchev–Trinajstić information content (AvgIpc) is 2.51. The summed E-state index contributed by atoms with van der Waals surface area (Å²) in [6.07, 6.45) is -0.719. The van der Waals surface area contributed by atoms with Crippen LogP contribution in [0.3, 0.4) is 0 Å². The standard InChI is InChI=1S/C14H14B2F3N2O2.K/c1-23-13(22)8-12(16(17,18)19)15-20-10-6-2-4-9-5-3-7-11(21-15)14(9)10;/h2-7,12,20-21H,8H2,1H3;/q-1;+1/t12-;/m1./s1. The van der Waals surface area contributed by atoms with E-state index in [1.807, 2.05) is 12.1 Å². The topological polar surface area (TPSA) is 50.4 Å². The molecule has 0 saturated carbocycles. The molecule has 3 rings (SSSR count). The Bertz CT molecular complexity index is 720. The quantitative estimate of drug-likeness (QED) is 0.616. The first-order valence-electron chi connectivity index (χ1n) is 7.22. The first-order chi connectivity index (χ1) is 10.9. The van der Waals surface area contributed by atoms with Crippen LogP contribution < -0.4 is 61.8 Å². The van der Waals surface area contributed by atoms with Crippen molar-refractivity contribution in [1.82, 2.24) is 0 Å². The fourth-order valence-corrected chi connectivity index (χ4v) is 2.91. The van der Waals surface area contributed by atoms with Gasteiger partial charge in [-0.1, -0.05) is 24.3 Å². The second kappa shape index (κ2) is 7.69. The summed E-state index contributed by atoms with van der Waals surface area (Å²) in [6, 6.07) is 10.8. The number of esters is 1. The largest absolute Gasteiger partial charge is 1.00 e. The summed E-state index contributed by atoms with van der Waals surface area (Å²) in [5.41, 5.74) is -0.598. The zero-order valence-electron chi connectivity index (χ0n) is 13.4. The van der Waals surface area contributed by atoms with Crippen molar-refractivity contribution in [3.8, 4) is 0 Å². The molecule has 0 aromatic heterocycles. The molecule has 4 nitrogen and oxygen atoms in total. The minimum atomic E-state index is -5.24. The smallest absolute Gasteiger partial charge is 0.469 e. The van der Waals surface area contributed by atoms with E-state index in [-0.39, 0.29) is 51.4 Å². The SMILES string of the molecule is COC(=O)C[C@H](B1Nc2cccc3cccc(c23)N1)[B-](F)(F)F.[K+]. The van der Waals surface area contributed by atoms with Gasteiger partial charge in [-0.15, -0.1) is 0 Å². The summed E-state index contributed by atoms with van der Waals surface area (Å²) in [7, 11) is 1.08. The second-order valence-electron chi connectivity index (χ2n) is 5.55. The maximum absolute atomic E-state index is 13.4. The Morgan fingerprint density at radius 2 is 1.71 bits per heavy atom. The van der Waals surface area contributed by atoms with Crippen molar-refractivity contribution in [2.24, 2.45) is 0 Å². The maximum Gasteiger partial charge on any atom is 1.00 e. The number of carbonyl (C=O) groups excluding carboxylic acids is 1. The Morgan fingerprint density at radius 1 is 1.17 bits per heavy atom. The van der Waals surface area contributed by atoms with Crippen LogP contribution in [0.1, 0.15) is 6.42 Å². The monoisotopic (exact) mass is 360 g/mol. The molecule has 0 radical (unpaired) electrons. The molecule has 2 aromatic rings. The molecule has 2 N–H and O–H groups in total. The van der Waals surface area contributed by atoms with Crippen molar-refractivity contribution in [3.63, 3.8) is 0 Å². The van der Waals surface area contributed by atoms with Crippen LogP contribution in [0.2, 0.25) is 5.72 Å². The van der Waals surface area contributed by atoms with Crippen LogP contribution in [0, 0.1) is 0 Å². The van der Waals surface area contributed by atoms with Gasteiger partial charge in [-0.2, -0.15) is 0 Å². The van der Waals surface area contributed by atoms with Gasteiger partial charge in [-0.05, 0) is 23.2 Å². The molecule has 1 aliphatic heterocycles. The number of hydrogen-bond acceptors (Lipinski definition) is 4. The Morgan fingerprint density at radius 3 is 2.17 bits per heavy atom. The van der Waals surface area contributed by atoms with Gasteiger partial charge in [0.1, 0.15) is 0 Å². The molecule has 0 saturated heterocycles. The summed E-state index contributed by atoms with van der Waals surface area (Å²) in [5.74, 6) is -0.880. The Kier molecular flexibility index (Phi) is 6.30. The molecule has 24 heavy (non-hydrogen) atoms. The van der Waals surface area contributed by atoms with Gasteiger partial charge in [0.2, 0.25) is 0 Å². The first-order valence-corrected chi connectivity index (χ1v) is 7.22. The summed E-state index contributed by atoms with van der Waals surface area (Å²) >= 11 is 0. The van der Waals surface area contributed by atoms with Crippen molar-refractivity contribution in [3.05, 3.63) is 36.4 Å². The van der Waals surface area contributed by atoms with E-state index in [1.54, 1.807) is 24.3 Å². The number of anilines is 2. The van der Waals surface area contributed by atoms with Gasteiger partial charge in [-0.3, -0.25) is 4.79 Å². The molecule has 0 fully saturated rings. The number of hydrogen-bond donors (Lipinski definition) is 2. The minimum Gasteiger partial charge on any atom is -0.469 e. The molecule has 0 unspecified atom stereocenters. The van der Waals surface area contributed by atoms with E-state index in [2.05, 4.69) is 15.2 Å². The van der Waals surface area contributed by atoms with Crippen molar-refractivity contribution in [1.29, 1.82) is 0 Å². The van der Waals surface area contributed by atoms with Crippen LogP contribution in [-0.4, -0.2) is 27.0 Å². The van der Waals surface area contributed by atoms with Crippen LogP contribution in [0.5, 0.6) is 0 Å². The van der Waals surface area contributed by atoms with E-state index >= 15 is 0 Å². The molecule has 0 aliphatic carbocycles. The Labute approximate surface area is 180 Å². The third-order valence-corrected chi connectivity index (χ3v) is 4.07. The van der Waals surface area contributed by atoms with Gasteiger partial charge in [-0.25, -0.2) is 0 Å². The molecule has 1 atom stereocenters. The van der Waals surface area contributed by atoms with Gasteiger partial charge < -0.3 is 28.1 Å². The molecule has 1 heterocycles. The van der Waals surface area contributed by atoms with E-state index in [4.69, 9.17) is 0 Å². The number of nitrogens with one attached hydrogen (secondary N) is 2. The summed E-state index contributed by atoms with van der Waals surface area (Å²) < 4.78 is 44.7. The van der Waals surface area contributed by atoms with Crippen LogP contribution in [-0.2, 0) is 9.53 Å². The molecule has 120 valence electrons.